The highest BCUT2D eigenvalue weighted by atomic mass is 32.2. The van der Waals surface area contributed by atoms with Crippen LogP contribution in [0.15, 0.2) is 35.0 Å². The van der Waals surface area contributed by atoms with Gasteiger partial charge in [0.1, 0.15) is 21.9 Å². The Morgan fingerprint density at radius 2 is 2.10 bits per heavy atom. The van der Waals surface area contributed by atoms with Gasteiger partial charge in [0.2, 0.25) is 0 Å². The Labute approximate surface area is 126 Å². The van der Waals surface area contributed by atoms with Crippen LogP contribution in [0.1, 0.15) is 18.1 Å². The molecule has 0 saturated heterocycles. The first-order valence-electron chi connectivity index (χ1n) is 6.66. The molecule has 108 valence electrons. The maximum absolute atomic E-state index is 5.83. The van der Waals surface area contributed by atoms with Crippen LogP contribution >= 0.6 is 11.8 Å². The predicted molar refractivity (Wildman–Crippen MR) is 82.1 cm³/mol. The molecule has 0 spiro atoms. The van der Waals surface area contributed by atoms with Crippen LogP contribution in [0.4, 0.5) is 0 Å². The minimum absolute atomic E-state index is 0.135. The lowest BCUT2D eigenvalue weighted by Crippen LogP contribution is -2.17. The number of aromatic nitrogens is 5. The molecule has 0 bridgehead atoms. The molecule has 3 aromatic heterocycles. The van der Waals surface area contributed by atoms with Gasteiger partial charge in [-0.1, -0.05) is 6.07 Å². The number of rotatable bonds is 4. The van der Waals surface area contributed by atoms with Crippen molar-refractivity contribution >= 4 is 22.9 Å². The normalized spacial score (nSPS) is 12.7. The Bertz CT molecular complexity index is 767. The lowest BCUT2D eigenvalue weighted by atomic mass is 10.1. The summed E-state index contributed by atoms with van der Waals surface area (Å²) in [4.78, 5) is 20.1. The van der Waals surface area contributed by atoms with Crippen molar-refractivity contribution in [1.82, 2.24) is 24.9 Å². The van der Waals surface area contributed by atoms with Crippen LogP contribution in [0.3, 0.4) is 0 Å². The Morgan fingerprint density at radius 1 is 1.24 bits per heavy atom. The molecular weight excluding hydrogens is 284 g/mol. The molecular formula is C14H16N6S. The zero-order valence-corrected chi connectivity index (χ0v) is 12.7. The van der Waals surface area contributed by atoms with Gasteiger partial charge in [0.25, 0.3) is 0 Å². The highest BCUT2D eigenvalue weighted by Gasteiger charge is 2.11. The van der Waals surface area contributed by atoms with Crippen LogP contribution in [0.5, 0.6) is 0 Å². The molecule has 7 heteroatoms. The molecule has 6 nitrogen and oxygen atoms in total. The maximum atomic E-state index is 5.83. The smallest absolute Gasteiger partial charge is 0.181 e. The summed E-state index contributed by atoms with van der Waals surface area (Å²) in [6.07, 6.45) is 5.85. The van der Waals surface area contributed by atoms with Crippen LogP contribution in [-0.4, -0.2) is 31.0 Å². The molecule has 0 amide bonds. The Balaban J connectivity index is 1.89. The van der Waals surface area contributed by atoms with Gasteiger partial charge >= 0.3 is 0 Å². The summed E-state index contributed by atoms with van der Waals surface area (Å²) in [5.41, 5.74) is 9.60. The largest absolute Gasteiger partial charge is 0.341 e. The summed E-state index contributed by atoms with van der Waals surface area (Å²) in [6, 6.07) is 2.26. The first kappa shape index (κ1) is 14.0. The van der Waals surface area contributed by atoms with Gasteiger partial charge < -0.3 is 10.7 Å². The molecule has 0 aliphatic carbocycles. The van der Waals surface area contributed by atoms with E-state index in [0.717, 1.165) is 33.1 Å². The Kier molecular flexibility index (Phi) is 3.85. The summed E-state index contributed by atoms with van der Waals surface area (Å²) in [5, 5.41) is 1.76. The number of H-pyrrole nitrogens is 1. The second-order valence-electron chi connectivity index (χ2n) is 5.03. The maximum Gasteiger partial charge on any atom is 0.181 e. The van der Waals surface area contributed by atoms with Gasteiger partial charge in [0, 0.05) is 12.2 Å². The molecule has 3 rings (SSSR count). The highest BCUT2D eigenvalue weighted by molar-refractivity contribution is 7.99. The molecule has 3 aromatic rings. The van der Waals surface area contributed by atoms with E-state index in [2.05, 4.69) is 31.0 Å². The van der Waals surface area contributed by atoms with Crippen molar-refractivity contribution in [2.45, 2.75) is 36.4 Å². The number of fused-ring (bicyclic) bond motifs is 1. The molecule has 0 aliphatic heterocycles. The molecule has 21 heavy (non-hydrogen) atoms. The number of pyridine rings is 1. The minimum atomic E-state index is 0.135. The SMILES string of the molecule is Cc1cc(CC(C)N)cnc1Sc1ncnc2nc[nH]c12. The highest BCUT2D eigenvalue weighted by Crippen LogP contribution is 2.30. The average molecular weight is 300 g/mol. The first-order valence-corrected chi connectivity index (χ1v) is 7.48. The van der Waals surface area contributed by atoms with E-state index in [4.69, 9.17) is 5.73 Å². The second kappa shape index (κ2) is 5.79. The molecule has 1 unspecified atom stereocenters. The third kappa shape index (κ3) is 3.03. The van der Waals surface area contributed by atoms with E-state index < -0.39 is 0 Å². The monoisotopic (exact) mass is 300 g/mol. The molecule has 0 radical (unpaired) electrons. The topological polar surface area (TPSA) is 93.4 Å². The van der Waals surface area contributed by atoms with Gasteiger partial charge in [-0.15, -0.1) is 0 Å². The van der Waals surface area contributed by atoms with Gasteiger partial charge in [-0.25, -0.2) is 19.9 Å². The number of imidazole rings is 1. The lowest BCUT2D eigenvalue weighted by Gasteiger charge is -2.09. The van der Waals surface area contributed by atoms with E-state index >= 15 is 0 Å². The van der Waals surface area contributed by atoms with Crippen LogP contribution in [0, 0.1) is 6.92 Å². The lowest BCUT2D eigenvalue weighted by molar-refractivity contribution is 0.733. The number of nitrogens with two attached hydrogens (primary N) is 1. The molecule has 0 saturated carbocycles. The Morgan fingerprint density at radius 3 is 2.86 bits per heavy atom. The van der Waals surface area contributed by atoms with Crippen LogP contribution < -0.4 is 5.73 Å². The number of nitrogens with one attached hydrogen (secondary N) is 1. The average Bonchev–Trinajstić information content (AvgIpc) is 2.90. The van der Waals surface area contributed by atoms with Gasteiger partial charge in [0.05, 0.1) is 6.33 Å². The predicted octanol–water partition coefficient (Wildman–Crippen LogP) is 2.10. The molecule has 3 heterocycles. The number of aromatic amines is 1. The van der Waals surface area contributed by atoms with Crippen molar-refractivity contribution in [2.24, 2.45) is 5.73 Å². The Hall–Kier alpha value is -1.99. The summed E-state index contributed by atoms with van der Waals surface area (Å²) < 4.78 is 0. The molecule has 0 aliphatic rings. The van der Waals surface area contributed by atoms with Crippen LogP contribution in [0.25, 0.3) is 11.2 Å². The fourth-order valence-corrected chi connectivity index (χ4v) is 2.98. The van der Waals surface area contributed by atoms with E-state index in [-0.39, 0.29) is 6.04 Å². The van der Waals surface area contributed by atoms with Gasteiger partial charge in [-0.3, -0.25) is 0 Å². The van der Waals surface area contributed by atoms with E-state index in [1.807, 2.05) is 20.0 Å². The summed E-state index contributed by atoms with van der Waals surface area (Å²) in [6.45, 7) is 4.04. The van der Waals surface area contributed by atoms with Crippen LogP contribution in [-0.2, 0) is 6.42 Å². The second-order valence-corrected chi connectivity index (χ2v) is 6.01. The van der Waals surface area contributed by atoms with Gasteiger partial charge in [-0.2, -0.15) is 0 Å². The zero-order valence-electron chi connectivity index (χ0n) is 11.9. The van der Waals surface area contributed by atoms with Crippen molar-refractivity contribution in [2.75, 3.05) is 0 Å². The summed E-state index contributed by atoms with van der Waals surface area (Å²) >= 11 is 1.51. The third-order valence-corrected chi connectivity index (χ3v) is 4.15. The van der Waals surface area contributed by atoms with E-state index in [0.29, 0.717) is 5.65 Å². The summed E-state index contributed by atoms with van der Waals surface area (Å²) in [7, 11) is 0. The molecule has 1 atom stereocenters. The number of hydrogen-bond acceptors (Lipinski definition) is 6. The number of aryl methyl sites for hydroxylation is 1. The van der Waals surface area contributed by atoms with Crippen molar-refractivity contribution in [3.63, 3.8) is 0 Å². The van der Waals surface area contributed by atoms with Crippen molar-refractivity contribution in [3.8, 4) is 0 Å². The van der Waals surface area contributed by atoms with Crippen molar-refractivity contribution < 1.29 is 0 Å². The fourth-order valence-electron chi connectivity index (χ4n) is 2.12. The minimum Gasteiger partial charge on any atom is -0.341 e. The van der Waals surface area contributed by atoms with E-state index in [1.165, 1.54) is 18.1 Å². The number of nitrogens with zero attached hydrogens (tertiary/aromatic N) is 4. The van der Waals surface area contributed by atoms with Crippen molar-refractivity contribution in [1.29, 1.82) is 0 Å². The summed E-state index contributed by atoms with van der Waals surface area (Å²) in [5.74, 6) is 0. The van der Waals surface area contributed by atoms with Gasteiger partial charge in [0.15, 0.2) is 5.65 Å². The van der Waals surface area contributed by atoms with Crippen LogP contribution in [0.2, 0.25) is 0 Å². The number of hydrogen-bond donors (Lipinski definition) is 2. The van der Waals surface area contributed by atoms with E-state index in [1.54, 1.807) is 6.33 Å². The fraction of sp³-hybridized carbons (Fsp3) is 0.286. The third-order valence-electron chi connectivity index (χ3n) is 3.03. The van der Waals surface area contributed by atoms with Crippen molar-refractivity contribution in [3.05, 3.63) is 36.0 Å². The standard InChI is InChI=1S/C14H16N6S/c1-8-3-10(4-9(2)15)5-16-13(8)21-14-11-12(18-6-17-11)19-7-20-14/h3,5-7,9H,4,15H2,1-2H3,(H,17,18,19,20). The molecule has 3 N–H and O–H groups in total. The van der Waals surface area contributed by atoms with E-state index in [9.17, 15) is 0 Å². The quantitative estimate of drug-likeness (QED) is 0.717. The molecule has 0 fully saturated rings. The van der Waals surface area contributed by atoms with Gasteiger partial charge in [-0.05, 0) is 43.2 Å². The first-order chi connectivity index (χ1) is 10.1. The molecule has 0 aromatic carbocycles. The zero-order chi connectivity index (χ0) is 14.8.